The molecule has 2 saturated heterocycles. The molecule has 0 radical (unpaired) electrons. The van der Waals surface area contributed by atoms with Gasteiger partial charge in [0.2, 0.25) is 17.7 Å². The van der Waals surface area contributed by atoms with Gasteiger partial charge in [-0.2, -0.15) is 0 Å². The lowest BCUT2D eigenvalue weighted by Gasteiger charge is -2.31. The number of hydrogen-bond acceptors (Lipinski definition) is 5. The first-order chi connectivity index (χ1) is 12.3. The highest BCUT2D eigenvalue weighted by Gasteiger charge is 2.71. The maximum absolute atomic E-state index is 13.3. The summed E-state index contributed by atoms with van der Waals surface area (Å²) in [6.45, 7) is 5.32. The Morgan fingerprint density at radius 2 is 1.88 bits per heavy atom. The average molecular weight is 357 g/mol. The van der Waals surface area contributed by atoms with E-state index >= 15 is 0 Å². The van der Waals surface area contributed by atoms with E-state index in [1.54, 1.807) is 25.1 Å². The van der Waals surface area contributed by atoms with Crippen LogP contribution in [0.1, 0.15) is 32.8 Å². The molecular formula is C19H23N3O4. The van der Waals surface area contributed by atoms with Gasteiger partial charge in [0.05, 0.1) is 17.9 Å². The number of amides is 3. The van der Waals surface area contributed by atoms with Crippen LogP contribution in [-0.2, 0) is 19.9 Å². The molecule has 0 unspecified atom stereocenters. The third-order valence-corrected chi connectivity index (χ3v) is 6.14. The van der Waals surface area contributed by atoms with Gasteiger partial charge in [-0.15, -0.1) is 0 Å². The van der Waals surface area contributed by atoms with Crippen LogP contribution < -0.4 is 10.6 Å². The Morgan fingerprint density at radius 3 is 2.54 bits per heavy atom. The molecule has 0 aromatic heterocycles. The predicted molar refractivity (Wildman–Crippen MR) is 93.9 cm³/mol. The zero-order valence-corrected chi connectivity index (χ0v) is 15.0. The number of carbonyl (C=O) groups is 3. The molecule has 1 spiro atoms. The highest BCUT2D eigenvalue weighted by Crippen LogP contribution is 2.53. The summed E-state index contributed by atoms with van der Waals surface area (Å²) in [6, 6.07) is 6.28. The van der Waals surface area contributed by atoms with Gasteiger partial charge in [0, 0.05) is 23.3 Å². The molecule has 26 heavy (non-hydrogen) atoms. The van der Waals surface area contributed by atoms with Crippen LogP contribution in [0.15, 0.2) is 24.3 Å². The molecule has 0 bridgehead atoms. The van der Waals surface area contributed by atoms with Crippen molar-refractivity contribution in [2.24, 2.45) is 11.8 Å². The van der Waals surface area contributed by atoms with Crippen molar-refractivity contribution in [3.63, 3.8) is 0 Å². The molecule has 0 saturated carbocycles. The molecule has 3 aliphatic heterocycles. The van der Waals surface area contributed by atoms with Crippen LogP contribution >= 0.6 is 0 Å². The summed E-state index contributed by atoms with van der Waals surface area (Å²) in [5, 5.41) is 16.3. The number of imide groups is 1. The maximum Gasteiger partial charge on any atom is 0.250 e. The molecule has 4 rings (SSSR count). The second-order valence-electron chi connectivity index (χ2n) is 7.53. The van der Waals surface area contributed by atoms with Gasteiger partial charge in [-0.1, -0.05) is 25.1 Å². The number of benzene rings is 1. The molecule has 1 aromatic carbocycles. The molecule has 7 nitrogen and oxygen atoms in total. The van der Waals surface area contributed by atoms with Crippen molar-refractivity contribution < 1.29 is 19.5 Å². The van der Waals surface area contributed by atoms with Crippen molar-refractivity contribution in [1.29, 1.82) is 0 Å². The average Bonchev–Trinajstić information content (AvgIpc) is 3.20. The first kappa shape index (κ1) is 17.2. The molecule has 3 heterocycles. The number of para-hydroxylation sites is 1. The largest absolute Gasteiger partial charge is 0.392 e. The van der Waals surface area contributed by atoms with Crippen LogP contribution in [0.3, 0.4) is 0 Å². The van der Waals surface area contributed by atoms with Gasteiger partial charge in [-0.25, -0.2) is 0 Å². The SMILES string of the molecule is CC[C@@H](C)N1C(=O)[C@@H]2[C@H]([C@@H](C)O)N[C@]3(C(=O)Nc4ccccc43)[C@@H]2C1=O. The molecule has 0 aliphatic carbocycles. The van der Waals surface area contributed by atoms with Gasteiger partial charge in [0.1, 0.15) is 5.54 Å². The van der Waals surface area contributed by atoms with Crippen molar-refractivity contribution in [3.05, 3.63) is 29.8 Å². The zero-order chi connectivity index (χ0) is 18.8. The monoisotopic (exact) mass is 357 g/mol. The topological polar surface area (TPSA) is 98.7 Å². The summed E-state index contributed by atoms with van der Waals surface area (Å²) in [5.74, 6) is -2.59. The standard InChI is InChI=1S/C19H23N3O4/c1-4-9(2)22-16(24)13-14(17(22)25)19(21-15(13)10(3)23)11-7-5-6-8-12(11)20-18(19)26/h5-10,13-15,21,23H,4H2,1-3H3,(H,20,26)/t9-,10-,13+,14+,15+,19+/m1/s1. The Hall–Kier alpha value is -2.25. The Morgan fingerprint density at radius 1 is 1.19 bits per heavy atom. The molecule has 7 heteroatoms. The van der Waals surface area contributed by atoms with Gasteiger partial charge < -0.3 is 10.4 Å². The third-order valence-electron chi connectivity index (χ3n) is 6.14. The Kier molecular flexibility index (Phi) is 3.71. The Bertz CT molecular complexity index is 808. The summed E-state index contributed by atoms with van der Waals surface area (Å²) in [6.07, 6.45) is -0.240. The van der Waals surface area contributed by atoms with Crippen molar-refractivity contribution in [2.75, 3.05) is 5.32 Å². The second-order valence-corrected chi connectivity index (χ2v) is 7.53. The summed E-state index contributed by atoms with van der Waals surface area (Å²) in [7, 11) is 0. The normalized spacial score (nSPS) is 34.8. The minimum Gasteiger partial charge on any atom is -0.392 e. The molecule has 2 fully saturated rings. The lowest BCUT2D eigenvalue weighted by Crippen LogP contribution is -2.55. The fourth-order valence-corrected chi connectivity index (χ4v) is 4.74. The molecule has 1 aromatic rings. The van der Waals surface area contributed by atoms with E-state index in [0.717, 1.165) is 0 Å². The van der Waals surface area contributed by atoms with Gasteiger partial charge in [0.15, 0.2) is 0 Å². The smallest absolute Gasteiger partial charge is 0.250 e. The molecule has 3 amide bonds. The highest BCUT2D eigenvalue weighted by atomic mass is 16.3. The van der Waals surface area contributed by atoms with Crippen molar-refractivity contribution in [2.45, 2.75) is 50.9 Å². The fraction of sp³-hybridized carbons (Fsp3) is 0.526. The number of nitrogens with one attached hydrogen (secondary N) is 2. The number of carbonyl (C=O) groups excluding carboxylic acids is 3. The van der Waals surface area contributed by atoms with Crippen molar-refractivity contribution >= 4 is 23.4 Å². The van der Waals surface area contributed by atoms with E-state index in [1.807, 2.05) is 19.9 Å². The second kappa shape index (κ2) is 5.62. The number of anilines is 1. The van der Waals surface area contributed by atoms with Crippen molar-refractivity contribution in [3.8, 4) is 0 Å². The summed E-state index contributed by atoms with van der Waals surface area (Å²) < 4.78 is 0. The minimum atomic E-state index is -1.32. The number of nitrogens with zero attached hydrogens (tertiary/aromatic N) is 1. The fourth-order valence-electron chi connectivity index (χ4n) is 4.74. The van der Waals surface area contributed by atoms with Gasteiger partial charge in [-0.3, -0.25) is 24.6 Å². The Labute approximate surface area is 151 Å². The van der Waals surface area contributed by atoms with E-state index in [2.05, 4.69) is 10.6 Å². The van der Waals surface area contributed by atoms with Crippen LogP contribution in [-0.4, -0.2) is 45.9 Å². The molecule has 6 atom stereocenters. The number of aliphatic hydroxyl groups is 1. The van der Waals surface area contributed by atoms with E-state index in [1.165, 1.54) is 4.90 Å². The third kappa shape index (κ3) is 1.92. The number of aliphatic hydroxyl groups excluding tert-OH is 1. The number of likely N-dealkylation sites (tertiary alicyclic amines) is 1. The lowest BCUT2D eigenvalue weighted by atomic mass is 9.76. The number of fused-ring (bicyclic) bond motifs is 4. The molecule has 3 aliphatic rings. The Balaban J connectivity index is 1.90. The van der Waals surface area contributed by atoms with Crippen LogP contribution in [0, 0.1) is 11.8 Å². The highest BCUT2D eigenvalue weighted by molar-refractivity contribution is 6.15. The summed E-state index contributed by atoms with van der Waals surface area (Å²) in [5.41, 5.74) is -0.0229. The maximum atomic E-state index is 13.3. The predicted octanol–water partition coefficient (Wildman–Crippen LogP) is 0.586. The van der Waals surface area contributed by atoms with Crippen molar-refractivity contribution in [1.82, 2.24) is 10.2 Å². The van der Waals surface area contributed by atoms with Gasteiger partial charge in [-0.05, 0) is 26.3 Å². The van der Waals surface area contributed by atoms with Crippen LogP contribution in [0.5, 0.6) is 0 Å². The lowest BCUT2D eigenvalue weighted by molar-refractivity contribution is -0.145. The summed E-state index contributed by atoms with van der Waals surface area (Å²) >= 11 is 0. The van der Waals surface area contributed by atoms with E-state index in [4.69, 9.17) is 0 Å². The molecular weight excluding hydrogens is 334 g/mol. The van der Waals surface area contributed by atoms with Gasteiger partial charge >= 0.3 is 0 Å². The van der Waals surface area contributed by atoms with E-state index < -0.39 is 29.5 Å². The van der Waals surface area contributed by atoms with Crippen LogP contribution in [0.4, 0.5) is 5.69 Å². The first-order valence-corrected chi connectivity index (χ1v) is 9.08. The van der Waals surface area contributed by atoms with Crippen LogP contribution in [0.25, 0.3) is 0 Å². The molecule has 138 valence electrons. The number of hydrogen-bond donors (Lipinski definition) is 3. The van der Waals surface area contributed by atoms with E-state index in [0.29, 0.717) is 17.7 Å². The zero-order valence-electron chi connectivity index (χ0n) is 15.0. The quantitative estimate of drug-likeness (QED) is 0.688. The first-order valence-electron chi connectivity index (χ1n) is 9.08. The minimum absolute atomic E-state index is 0.244. The van der Waals surface area contributed by atoms with Gasteiger partial charge in [0.25, 0.3) is 0 Å². The number of rotatable bonds is 3. The van der Waals surface area contributed by atoms with Crippen LogP contribution in [0.2, 0.25) is 0 Å². The molecule has 3 N–H and O–H groups in total. The van der Waals surface area contributed by atoms with E-state index in [9.17, 15) is 19.5 Å². The van der Waals surface area contributed by atoms with E-state index in [-0.39, 0.29) is 23.8 Å². The summed E-state index contributed by atoms with van der Waals surface area (Å²) in [4.78, 5) is 40.7.